The number of para-hydroxylation sites is 1. The molecule has 6 N–H and O–H groups in total. The number of aryl methyl sites for hydroxylation is 2. The molecule has 0 aliphatic carbocycles. The number of likely N-dealkylation sites (tertiary alicyclic amines) is 1. The van der Waals surface area contributed by atoms with Gasteiger partial charge in [-0.15, -0.1) is 11.3 Å². The lowest BCUT2D eigenvalue weighted by molar-refractivity contribution is -0.144. The molecule has 0 bridgehead atoms. The number of nitrogens with one attached hydrogen (secondary N) is 5. The van der Waals surface area contributed by atoms with Crippen LogP contribution in [0.4, 0.5) is 23.0 Å². The standard InChI is InChI=1S/C62H82N12O9S/c1-10-54(76)67-48-34-49(69-61-64-25-24-47(68-61)46-38-72(8)50-18-15-14-17-45(46)50)53(81-9)35-51(48)73(29-28-71(6)7)27-16-12-11-13-19-55(77)63-26-30-82-31-32-83-39-56(78)70-58(62(3,4)5)60(80)74-37-44(75)33-52(74)59(79)65-36-42-20-22-43(23-21-42)57-41(2)66-40-84-57/h10,14-15,17-18,20-25,34-35,38,40,44,52,58,75H,1,11-13,16,19,26-33,36-37,39H2,2-9H3,(H,63,77)(H,65,79)(H,67,76)(H,70,78)(H,64,68,69). The molecule has 7 rings (SSSR count). The number of fused-ring (bicyclic) bond motifs is 1. The first-order valence-corrected chi connectivity index (χ1v) is 29.4. The number of benzene rings is 3. The monoisotopic (exact) mass is 1170 g/mol. The number of aromatic nitrogens is 4. The molecule has 5 amide bonds. The molecule has 1 aliphatic heterocycles. The van der Waals surface area contributed by atoms with Gasteiger partial charge in [-0.3, -0.25) is 24.0 Å². The third kappa shape index (κ3) is 17.9. The van der Waals surface area contributed by atoms with E-state index in [-0.39, 0.29) is 63.7 Å². The summed E-state index contributed by atoms with van der Waals surface area (Å²) in [7, 11) is 7.64. The average Bonchev–Trinajstić information content (AvgIpc) is 3.35. The number of anilines is 4. The Labute approximate surface area is 496 Å². The molecule has 3 unspecified atom stereocenters. The van der Waals surface area contributed by atoms with Crippen molar-refractivity contribution < 1.29 is 43.3 Å². The fourth-order valence-electron chi connectivity index (χ4n) is 9.95. The van der Waals surface area contributed by atoms with Crippen LogP contribution in [-0.4, -0.2) is 163 Å². The van der Waals surface area contributed by atoms with Crippen LogP contribution in [0, 0.1) is 12.3 Å². The molecule has 21 nitrogen and oxygen atoms in total. The highest BCUT2D eigenvalue weighted by Gasteiger charge is 2.44. The number of rotatable bonds is 31. The predicted octanol–water partition coefficient (Wildman–Crippen LogP) is 7.22. The number of aliphatic hydroxyl groups is 1. The van der Waals surface area contributed by atoms with Crippen LogP contribution in [0.5, 0.6) is 5.75 Å². The Bertz CT molecular complexity index is 3190. The number of ether oxygens (including phenoxy) is 3. The van der Waals surface area contributed by atoms with Crippen molar-refractivity contribution in [1.29, 1.82) is 0 Å². The molecule has 22 heteroatoms. The average molecular weight is 1170 g/mol. The van der Waals surface area contributed by atoms with Gasteiger partial charge in [-0.25, -0.2) is 15.0 Å². The first kappa shape index (κ1) is 63.8. The number of hydrogen-bond acceptors (Lipinski definition) is 16. The molecule has 0 saturated carbocycles. The van der Waals surface area contributed by atoms with Gasteiger partial charge in [0, 0.05) is 94.1 Å². The summed E-state index contributed by atoms with van der Waals surface area (Å²) in [5, 5.41) is 26.6. The summed E-state index contributed by atoms with van der Waals surface area (Å²) >= 11 is 1.57. The zero-order valence-corrected chi connectivity index (χ0v) is 50.5. The Kier molecular flexibility index (Phi) is 23.3. The van der Waals surface area contributed by atoms with Crippen molar-refractivity contribution in [2.24, 2.45) is 12.5 Å². The molecule has 0 radical (unpaired) electrons. The molecule has 3 atom stereocenters. The number of thiazole rings is 1. The number of aliphatic hydroxyl groups excluding tert-OH is 1. The van der Waals surface area contributed by atoms with E-state index in [1.54, 1.807) is 24.6 Å². The van der Waals surface area contributed by atoms with Gasteiger partial charge < -0.3 is 65.2 Å². The second-order valence-electron chi connectivity index (χ2n) is 22.2. The number of carbonyl (C=O) groups excluding carboxylic acids is 5. The van der Waals surface area contributed by atoms with Crippen LogP contribution >= 0.6 is 11.3 Å². The van der Waals surface area contributed by atoms with Crippen LogP contribution in [0.15, 0.2) is 97.3 Å². The van der Waals surface area contributed by atoms with Crippen molar-refractivity contribution in [1.82, 2.24) is 45.3 Å². The second kappa shape index (κ2) is 30.7. The highest BCUT2D eigenvalue weighted by molar-refractivity contribution is 7.13. The van der Waals surface area contributed by atoms with E-state index in [1.807, 2.05) is 109 Å². The number of β-amino-alcohol motifs (C(OH)–C–C–N with tert-alkyl or cyclic N) is 1. The summed E-state index contributed by atoms with van der Waals surface area (Å²) in [5.74, 6) is -0.884. The largest absolute Gasteiger partial charge is 0.494 e. The van der Waals surface area contributed by atoms with E-state index in [2.05, 4.69) is 75.8 Å². The minimum Gasteiger partial charge on any atom is -0.494 e. The van der Waals surface area contributed by atoms with E-state index in [9.17, 15) is 29.1 Å². The number of amides is 5. The van der Waals surface area contributed by atoms with E-state index in [1.165, 1.54) is 11.0 Å². The molecule has 3 aromatic carbocycles. The Hall–Kier alpha value is -7.76. The van der Waals surface area contributed by atoms with Crippen molar-refractivity contribution in [3.05, 3.63) is 109 Å². The van der Waals surface area contributed by atoms with Gasteiger partial charge in [0.1, 0.15) is 24.4 Å². The summed E-state index contributed by atoms with van der Waals surface area (Å²) in [6.45, 7) is 14.0. The topological polar surface area (TPSA) is 247 Å². The lowest BCUT2D eigenvalue weighted by Gasteiger charge is -2.35. The lowest BCUT2D eigenvalue weighted by atomic mass is 9.85. The normalized spacial score (nSPS) is 14.5. The minimum atomic E-state index is -0.994. The van der Waals surface area contributed by atoms with Crippen LogP contribution in [0.2, 0.25) is 0 Å². The molecule has 0 spiro atoms. The fourth-order valence-corrected chi connectivity index (χ4v) is 10.8. The van der Waals surface area contributed by atoms with Crippen molar-refractivity contribution in [2.75, 3.05) is 95.9 Å². The van der Waals surface area contributed by atoms with Crippen LogP contribution < -0.4 is 36.2 Å². The maximum Gasteiger partial charge on any atom is 0.247 e. The van der Waals surface area contributed by atoms with E-state index in [4.69, 9.17) is 19.2 Å². The molecule has 450 valence electrons. The van der Waals surface area contributed by atoms with Crippen LogP contribution in [0.25, 0.3) is 32.6 Å². The number of carbonyl (C=O) groups is 5. The molecule has 3 aromatic heterocycles. The molecule has 1 fully saturated rings. The zero-order chi connectivity index (χ0) is 60.3. The molecule has 1 aliphatic rings. The Balaban J connectivity index is 0.803. The minimum absolute atomic E-state index is 0.0352. The van der Waals surface area contributed by atoms with Gasteiger partial charge in [0.05, 0.1) is 71.9 Å². The van der Waals surface area contributed by atoms with Gasteiger partial charge >= 0.3 is 0 Å². The molecule has 84 heavy (non-hydrogen) atoms. The zero-order valence-electron chi connectivity index (χ0n) is 49.7. The highest BCUT2D eigenvalue weighted by Crippen LogP contribution is 2.39. The maximum absolute atomic E-state index is 14.0. The molecule has 4 heterocycles. The van der Waals surface area contributed by atoms with Crippen molar-refractivity contribution in [2.45, 2.75) is 91.0 Å². The van der Waals surface area contributed by atoms with Gasteiger partial charge in [0.15, 0.2) is 0 Å². The van der Waals surface area contributed by atoms with Gasteiger partial charge in [-0.05, 0) is 74.7 Å². The van der Waals surface area contributed by atoms with Crippen molar-refractivity contribution in [3.8, 4) is 27.4 Å². The van der Waals surface area contributed by atoms with Gasteiger partial charge in [-0.1, -0.05) is 82.7 Å². The summed E-state index contributed by atoms with van der Waals surface area (Å²) in [6, 6.07) is 19.7. The summed E-state index contributed by atoms with van der Waals surface area (Å²) < 4.78 is 19.2. The quantitative estimate of drug-likeness (QED) is 0.0186. The molecule has 6 aromatic rings. The van der Waals surface area contributed by atoms with E-state index in [0.29, 0.717) is 55.5 Å². The maximum atomic E-state index is 14.0. The summed E-state index contributed by atoms with van der Waals surface area (Å²) in [4.78, 5) is 86.7. The van der Waals surface area contributed by atoms with Crippen molar-refractivity contribution >= 4 is 74.8 Å². The third-order valence-corrected chi connectivity index (χ3v) is 15.4. The number of methoxy groups -OCH3 is 1. The first-order valence-electron chi connectivity index (χ1n) is 28.5. The number of nitrogens with zero attached hydrogens (tertiary/aromatic N) is 7. The fraction of sp³-hybridized carbons (Fsp3) is 0.452. The lowest BCUT2D eigenvalue weighted by Crippen LogP contribution is -2.58. The number of likely N-dealkylation sites (N-methyl/N-ethyl adjacent to an activating group) is 1. The highest BCUT2D eigenvalue weighted by atomic mass is 32.1. The second-order valence-corrected chi connectivity index (χ2v) is 23.1. The Morgan fingerprint density at radius 2 is 1.67 bits per heavy atom. The molecular weight excluding hydrogens is 1090 g/mol. The summed E-state index contributed by atoms with van der Waals surface area (Å²) in [5.41, 5.74) is 8.71. The van der Waals surface area contributed by atoms with Crippen molar-refractivity contribution in [3.63, 3.8) is 0 Å². The van der Waals surface area contributed by atoms with Crippen LogP contribution in [0.3, 0.4) is 0 Å². The van der Waals surface area contributed by atoms with E-state index in [0.717, 1.165) is 75.4 Å². The first-order chi connectivity index (χ1) is 40.3. The Morgan fingerprint density at radius 3 is 2.39 bits per heavy atom. The van der Waals surface area contributed by atoms with Gasteiger partial charge in [0.25, 0.3) is 0 Å². The molecule has 1 saturated heterocycles. The predicted molar refractivity (Wildman–Crippen MR) is 329 cm³/mol. The third-order valence-electron chi connectivity index (χ3n) is 14.5. The number of hydrogen-bond donors (Lipinski definition) is 6. The van der Waals surface area contributed by atoms with Gasteiger partial charge in [-0.2, -0.15) is 0 Å². The molecular formula is C62H82N12O9S. The smallest absolute Gasteiger partial charge is 0.247 e. The van der Waals surface area contributed by atoms with Crippen LogP contribution in [0.1, 0.15) is 70.6 Å². The van der Waals surface area contributed by atoms with Crippen LogP contribution in [-0.2, 0) is 47.0 Å². The number of unbranched alkanes of at least 4 members (excludes halogenated alkanes) is 3. The van der Waals surface area contributed by atoms with Gasteiger partial charge in [0.2, 0.25) is 35.5 Å². The summed E-state index contributed by atoms with van der Waals surface area (Å²) in [6.07, 6.45) is 7.83. The Morgan fingerprint density at radius 1 is 0.905 bits per heavy atom. The SMILES string of the molecule is C=CC(=O)Nc1cc(Nc2nccc(-c3cn(C)c4ccccc34)n2)c(OC)cc1N(CCCCCCC(=O)NCCOCCOCC(=O)NC(C(=O)N1CC(O)CC1C(=O)NCc1ccc(-c2scnc2C)cc1)C(C)(C)C)CCN(C)C. The van der Waals surface area contributed by atoms with E-state index >= 15 is 0 Å². The van der Waals surface area contributed by atoms with E-state index < -0.39 is 35.4 Å².